The van der Waals surface area contributed by atoms with Gasteiger partial charge in [0.05, 0.1) is 24.2 Å². The molecule has 3 rings (SSSR count). The zero-order valence-corrected chi connectivity index (χ0v) is 15.6. The molecule has 0 bridgehead atoms. The second-order valence-corrected chi connectivity index (χ2v) is 6.49. The molecule has 1 heterocycles. The Hall–Kier alpha value is -3.09. The normalized spacial score (nSPS) is 12.6. The molecule has 2 aromatic carbocycles. The number of imidazole rings is 1. The van der Waals surface area contributed by atoms with Gasteiger partial charge in [-0.25, -0.2) is 9.78 Å². The summed E-state index contributed by atoms with van der Waals surface area (Å²) in [5, 5.41) is 0. The predicted octanol–water partition coefficient (Wildman–Crippen LogP) is 5.01. The lowest BCUT2D eigenvalue weighted by Crippen LogP contribution is -2.17. The molecule has 3 aromatic rings. The van der Waals surface area contributed by atoms with Crippen molar-refractivity contribution in [2.45, 2.75) is 25.9 Å². The number of H-pyrrole nitrogens is 1. The van der Waals surface area contributed by atoms with Gasteiger partial charge in [-0.05, 0) is 54.3 Å². The highest BCUT2D eigenvalue weighted by molar-refractivity contribution is 5.89. The van der Waals surface area contributed by atoms with Crippen molar-refractivity contribution >= 4 is 5.97 Å². The van der Waals surface area contributed by atoms with Gasteiger partial charge in [0.25, 0.3) is 0 Å². The Morgan fingerprint density at radius 2 is 1.79 bits per heavy atom. The van der Waals surface area contributed by atoms with Crippen molar-refractivity contribution in [2.24, 2.45) is 0 Å². The largest absolute Gasteiger partial charge is 0.465 e. The predicted molar refractivity (Wildman–Crippen MR) is 98.2 cm³/mol. The van der Waals surface area contributed by atoms with Gasteiger partial charge in [0.15, 0.2) is 0 Å². The Morgan fingerprint density at radius 1 is 1.11 bits per heavy atom. The Labute approximate surface area is 160 Å². The maximum absolute atomic E-state index is 13.8. The van der Waals surface area contributed by atoms with Gasteiger partial charge in [0.2, 0.25) is 0 Å². The molecule has 146 valence electrons. The van der Waals surface area contributed by atoms with Crippen LogP contribution in [0.4, 0.5) is 13.2 Å². The Balaban J connectivity index is 2.24. The number of esters is 1. The number of aryl methyl sites for hydroxylation is 1. The number of benzene rings is 2. The number of nitrogens with one attached hydrogen (secondary N) is 1. The molecule has 0 saturated heterocycles. The monoisotopic (exact) mass is 388 g/mol. The average molecular weight is 388 g/mol. The average Bonchev–Trinajstić information content (AvgIpc) is 3.18. The number of carbonyl (C=O) groups is 1. The quantitative estimate of drug-likeness (QED) is 0.639. The second kappa shape index (κ2) is 7.50. The van der Waals surface area contributed by atoms with Crippen LogP contribution in [0.15, 0.2) is 48.8 Å². The van der Waals surface area contributed by atoms with Crippen LogP contribution in [-0.4, -0.2) is 23.0 Å². The topological polar surface area (TPSA) is 55.0 Å². The number of ether oxygens (including phenoxy) is 1. The van der Waals surface area contributed by atoms with Crippen LogP contribution in [0.25, 0.3) is 0 Å². The van der Waals surface area contributed by atoms with Crippen LogP contribution in [0, 0.1) is 13.8 Å². The number of aromatic nitrogens is 2. The smallest absolute Gasteiger partial charge is 0.416 e. The van der Waals surface area contributed by atoms with E-state index in [-0.39, 0.29) is 5.56 Å². The summed E-state index contributed by atoms with van der Waals surface area (Å²) in [6.07, 6.45) is -1.43. The van der Waals surface area contributed by atoms with Gasteiger partial charge in [-0.2, -0.15) is 13.2 Å². The van der Waals surface area contributed by atoms with Crippen molar-refractivity contribution in [3.8, 4) is 0 Å². The fraction of sp³-hybridized carbons (Fsp3) is 0.238. The highest BCUT2D eigenvalue weighted by Gasteiger charge is 2.37. The zero-order valence-electron chi connectivity index (χ0n) is 15.6. The highest BCUT2D eigenvalue weighted by Crippen LogP contribution is 2.42. The number of hydrogen-bond acceptors (Lipinski definition) is 3. The molecule has 0 aliphatic carbocycles. The van der Waals surface area contributed by atoms with Gasteiger partial charge < -0.3 is 9.72 Å². The van der Waals surface area contributed by atoms with Crippen LogP contribution < -0.4 is 0 Å². The summed E-state index contributed by atoms with van der Waals surface area (Å²) in [6, 6.07) is 8.91. The van der Waals surface area contributed by atoms with Crippen molar-refractivity contribution < 1.29 is 22.7 Å². The molecule has 0 aliphatic heterocycles. The van der Waals surface area contributed by atoms with E-state index in [4.69, 9.17) is 0 Å². The first-order valence-corrected chi connectivity index (χ1v) is 8.59. The van der Waals surface area contributed by atoms with E-state index in [0.29, 0.717) is 22.5 Å². The number of carbonyl (C=O) groups excluding carboxylic acids is 1. The summed E-state index contributed by atoms with van der Waals surface area (Å²) in [7, 11) is 1.27. The molecule has 0 radical (unpaired) electrons. The van der Waals surface area contributed by atoms with Gasteiger partial charge in [0, 0.05) is 12.4 Å². The lowest BCUT2D eigenvalue weighted by Gasteiger charge is -2.24. The molecule has 4 nitrogen and oxygen atoms in total. The van der Waals surface area contributed by atoms with Gasteiger partial charge >= 0.3 is 12.1 Å². The van der Waals surface area contributed by atoms with Crippen LogP contribution in [0.1, 0.15) is 49.9 Å². The van der Waals surface area contributed by atoms with E-state index in [1.165, 1.54) is 31.5 Å². The molecular weight excluding hydrogens is 369 g/mol. The van der Waals surface area contributed by atoms with E-state index >= 15 is 0 Å². The molecule has 1 atom stereocenters. The van der Waals surface area contributed by atoms with E-state index in [0.717, 1.165) is 11.6 Å². The van der Waals surface area contributed by atoms with Crippen LogP contribution in [0.2, 0.25) is 0 Å². The van der Waals surface area contributed by atoms with E-state index in [1.807, 2.05) is 0 Å². The van der Waals surface area contributed by atoms with Crippen LogP contribution in [-0.2, 0) is 10.9 Å². The Morgan fingerprint density at radius 3 is 2.32 bits per heavy atom. The van der Waals surface area contributed by atoms with Crippen LogP contribution in [0.5, 0.6) is 0 Å². The number of nitrogens with zero attached hydrogens (tertiary/aromatic N) is 1. The summed E-state index contributed by atoms with van der Waals surface area (Å²) in [6.45, 7) is 3.46. The molecule has 1 N–H and O–H groups in total. The summed E-state index contributed by atoms with van der Waals surface area (Å²) in [4.78, 5) is 18.8. The van der Waals surface area contributed by atoms with Gasteiger partial charge in [-0.3, -0.25) is 0 Å². The minimum atomic E-state index is -4.51. The van der Waals surface area contributed by atoms with Crippen molar-refractivity contribution in [3.05, 3.63) is 88.0 Å². The number of hydrogen-bond donors (Lipinski definition) is 1. The molecule has 0 saturated carbocycles. The third-order valence-corrected chi connectivity index (χ3v) is 4.84. The Bertz CT molecular complexity index is 978. The number of aromatic amines is 1. The maximum atomic E-state index is 13.8. The standard InChI is InChI=1S/C21H19F3N2O2/c1-12-4-9-16(21(22,23)24)17(13(12)2)18(19-25-10-11-26-19)14-5-7-15(8-6-14)20(27)28-3/h4-11,18H,1-3H3,(H,25,26). The number of methoxy groups -OCH3 is 1. The molecule has 0 aliphatic rings. The number of rotatable bonds is 4. The summed E-state index contributed by atoms with van der Waals surface area (Å²) in [5.41, 5.74) is 1.66. The summed E-state index contributed by atoms with van der Waals surface area (Å²) >= 11 is 0. The SMILES string of the molecule is COC(=O)c1ccc(C(c2ncc[nH]2)c2c(C(F)(F)F)ccc(C)c2C)cc1. The van der Waals surface area contributed by atoms with Crippen LogP contribution in [0.3, 0.4) is 0 Å². The van der Waals surface area contributed by atoms with Crippen LogP contribution >= 0.6 is 0 Å². The first-order chi connectivity index (χ1) is 13.2. The zero-order chi connectivity index (χ0) is 20.5. The summed E-state index contributed by atoms with van der Waals surface area (Å²) < 4.78 is 46.1. The third kappa shape index (κ3) is 3.65. The maximum Gasteiger partial charge on any atom is 0.416 e. The molecule has 1 unspecified atom stereocenters. The lowest BCUT2D eigenvalue weighted by molar-refractivity contribution is -0.138. The van der Waals surface area contributed by atoms with Gasteiger partial charge in [0.1, 0.15) is 5.82 Å². The number of alkyl halides is 3. The van der Waals surface area contributed by atoms with Crippen molar-refractivity contribution in [1.82, 2.24) is 9.97 Å². The van der Waals surface area contributed by atoms with E-state index in [2.05, 4.69) is 14.7 Å². The Kier molecular flexibility index (Phi) is 5.27. The number of halogens is 3. The molecule has 1 aromatic heterocycles. The minimum absolute atomic E-state index is 0.147. The molecule has 28 heavy (non-hydrogen) atoms. The lowest BCUT2D eigenvalue weighted by atomic mass is 9.82. The van der Waals surface area contributed by atoms with Gasteiger partial charge in [-0.15, -0.1) is 0 Å². The van der Waals surface area contributed by atoms with Gasteiger partial charge in [-0.1, -0.05) is 18.2 Å². The first kappa shape index (κ1) is 19.7. The molecule has 7 heteroatoms. The third-order valence-electron chi connectivity index (χ3n) is 4.84. The molecule has 0 amide bonds. The fourth-order valence-electron chi connectivity index (χ4n) is 3.28. The molecule has 0 fully saturated rings. The minimum Gasteiger partial charge on any atom is -0.465 e. The van der Waals surface area contributed by atoms with E-state index < -0.39 is 23.6 Å². The van der Waals surface area contributed by atoms with Crippen molar-refractivity contribution in [2.75, 3.05) is 7.11 Å². The van der Waals surface area contributed by atoms with E-state index in [1.54, 1.807) is 32.2 Å². The first-order valence-electron chi connectivity index (χ1n) is 8.59. The summed E-state index contributed by atoms with van der Waals surface area (Å²) in [5.74, 6) is -0.882. The fourth-order valence-corrected chi connectivity index (χ4v) is 3.28. The van der Waals surface area contributed by atoms with E-state index in [9.17, 15) is 18.0 Å². The molecule has 0 spiro atoms. The second-order valence-electron chi connectivity index (χ2n) is 6.49. The highest BCUT2D eigenvalue weighted by atomic mass is 19.4. The van der Waals surface area contributed by atoms with Crippen molar-refractivity contribution in [1.29, 1.82) is 0 Å². The van der Waals surface area contributed by atoms with Crippen molar-refractivity contribution in [3.63, 3.8) is 0 Å². The molecular formula is C21H19F3N2O2.